The Hall–Kier alpha value is -1.95. The van der Waals surface area contributed by atoms with Crippen molar-refractivity contribution in [3.63, 3.8) is 0 Å². The summed E-state index contributed by atoms with van der Waals surface area (Å²) in [5, 5.41) is 6.60. The number of nitrogens with zero attached hydrogens (tertiary/aromatic N) is 3. The predicted molar refractivity (Wildman–Crippen MR) is 112 cm³/mol. The van der Waals surface area contributed by atoms with E-state index >= 15 is 0 Å². The fourth-order valence-corrected chi connectivity index (χ4v) is 5.28. The number of amides is 1. The second-order valence-electron chi connectivity index (χ2n) is 8.27. The van der Waals surface area contributed by atoms with Crippen LogP contribution in [0, 0.1) is 11.8 Å². The first kappa shape index (κ1) is 19.4. The first-order chi connectivity index (χ1) is 13.7. The standard InChI is InChI=1S/C22H29N3O2S/c26-21-11-10-19(20-9-5-13-28-20)23-25(21)16-18-8-4-12-24(15-18)22(27)14-17-6-2-1-3-7-17/h5,9-11,13,17-18H,1-4,6-8,12,14-16H2/t18-/m1/s1. The summed E-state index contributed by atoms with van der Waals surface area (Å²) in [5.41, 5.74) is 0.779. The van der Waals surface area contributed by atoms with Crippen LogP contribution < -0.4 is 5.56 Å². The summed E-state index contributed by atoms with van der Waals surface area (Å²) >= 11 is 1.63. The second-order valence-corrected chi connectivity index (χ2v) is 9.22. The highest BCUT2D eigenvalue weighted by molar-refractivity contribution is 7.13. The lowest BCUT2D eigenvalue weighted by Gasteiger charge is -2.34. The van der Waals surface area contributed by atoms with Crippen molar-refractivity contribution in [2.24, 2.45) is 11.8 Å². The number of piperidine rings is 1. The molecule has 3 heterocycles. The molecule has 0 radical (unpaired) electrons. The minimum Gasteiger partial charge on any atom is -0.342 e. The molecule has 1 saturated heterocycles. The maximum Gasteiger partial charge on any atom is 0.266 e. The van der Waals surface area contributed by atoms with Crippen LogP contribution in [0.15, 0.2) is 34.4 Å². The fraction of sp³-hybridized carbons (Fsp3) is 0.591. The molecular weight excluding hydrogens is 370 g/mol. The molecule has 4 rings (SSSR count). The van der Waals surface area contributed by atoms with Gasteiger partial charge < -0.3 is 4.90 Å². The van der Waals surface area contributed by atoms with Crippen molar-refractivity contribution in [3.05, 3.63) is 40.0 Å². The van der Waals surface area contributed by atoms with Crippen LogP contribution in [0.5, 0.6) is 0 Å². The van der Waals surface area contributed by atoms with Gasteiger partial charge in [0.05, 0.1) is 4.88 Å². The van der Waals surface area contributed by atoms with E-state index in [2.05, 4.69) is 5.10 Å². The molecule has 0 aromatic carbocycles. The molecule has 0 spiro atoms. The van der Waals surface area contributed by atoms with Crippen molar-refractivity contribution >= 4 is 17.2 Å². The average Bonchev–Trinajstić information content (AvgIpc) is 3.25. The molecule has 0 bridgehead atoms. The highest BCUT2D eigenvalue weighted by Gasteiger charge is 2.26. The van der Waals surface area contributed by atoms with Crippen LogP contribution in [-0.2, 0) is 11.3 Å². The molecule has 2 aromatic heterocycles. The SMILES string of the molecule is O=C(CC1CCCCC1)N1CCC[C@@H](Cn2nc(-c3cccs3)ccc2=O)C1. The van der Waals surface area contributed by atoms with Gasteiger partial charge in [-0.3, -0.25) is 9.59 Å². The Labute approximate surface area is 170 Å². The maximum absolute atomic E-state index is 12.8. The lowest BCUT2D eigenvalue weighted by molar-refractivity contribution is -0.134. The molecule has 2 fully saturated rings. The Morgan fingerprint density at radius 3 is 2.68 bits per heavy atom. The zero-order chi connectivity index (χ0) is 19.3. The van der Waals surface area contributed by atoms with E-state index in [-0.39, 0.29) is 5.56 Å². The van der Waals surface area contributed by atoms with Crippen molar-refractivity contribution in [1.82, 2.24) is 14.7 Å². The van der Waals surface area contributed by atoms with E-state index in [9.17, 15) is 9.59 Å². The van der Waals surface area contributed by atoms with Gasteiger partial charge in [0, 0.05) is 32.1 Å². The summed E-state index contributed by atoms with van der Waals surface area (Å²) in [6.07, 6.45) is 9.05. The maximum atomic E-state index is 12.8. The highest BCUT2D eigenvalue weighted by Crippen LogP contribution is 2.28. The van der Waals surface area contributed by atoms with Crippen molar-refractivity contribution in [3.8, 4) is 10.6 Å². The van der Waals surface area contributed by atoms with E-state index < -0.39 is 0 Å². The first-order valence-electron chi connectivity index (χ1n) is 10.6. The predicted octanol–water partition coefficient (Wildman–Crippen LogP) is 4.18. The van der Waals surface area contributed by atoms with E-state index in [4.69, 9.17) is 0 Å². The van der Waals surface area contributed by atoms with Crippen LogP contribution in [0.3, 0.4) is 0 Å². The molecule has 28 heavy (non-hydrogen) atoms. The highest BCUT2D eigenvalue weighted by atomic mass is 32.1. The molecule has 0 N–H and O–H groups in total. The number of rotatable bonds is 5. The van der Waals surface area contributed by atoms with Gasteiger partial charge in [-0.2, -0.15) is 5.10 Å². The first-order valence-corrected chi connectivity index (χ1v) is 11.5. The molecule has 6 heteroatoms. The van der Waals surface area contributed by atoms with Crippen LogP contribution in [0.2, 0.25) is 0 Å². The number of likely N-dealkylation sites (tertiary alicyclic amines) is 1. The summed E-state index contributed by atoms with van der Waals surface area (Å²) in [6.45, 7) is 2.20. The van der Waals surface area contributed by atoms with Gasteiger partial charge in [0.2, 0.25) is 5.91 Å². The Bertz CT molecular complexity index is 840. The Kier molecular flexibility index (Phi) is 6.25. The molecule has 150 valence electrons. The number of thiophene rings is 1. The summed E-state index contributed by atoms with van der Waals surface area (Å²) in [7, 11) is 0. The van der Waals surface area contributed by atoms with E-state index in [0.717, 1.165) is 36.5 Å². The number of aromatic nitrogens is 2. The summed E-state index contributed by atoms with van der Waals surface area (Å²) in [6, 6.07) is 7.42. The number of carbonyl (C=O) groups excluding carboxylic acids is 1. The minimum atomic E-state index is -0.0639. The molecular formula is C22H29N3O2S. The Morgan fingerprint density at radius 2 is 1.89 bits per heavy atom. The summed E-state index contributed by atoms with van der Waals surface area (Å²) in [5.74, 6) is 1.19. The van der Waals surface area contributed by atoms with Crippen molar-refractivity contribution < 1.29 is 4.79 Å². The molecule has 1 aliphatic carbocycles. The molecule has 2 aromatic rings. The van der Waals surface area contributed by atoms with Crippen molar-refractivity contribution in [2.45, 2.75) is 57.9 Å². The normalized spacial score (nSPS) is 21.0. The van der Waals surface area contributed by atoms with Crippen LogP contribution in [-0.4, -0.2) is 33.7 Å². The fourth-order valence-electron chi connectivity index (χ4n) is 4.59. The summed E-state index contributed by atoms with van der Waals surface area (Å²) in [4.78, 5) is 28.2. The molecule has 1 atom stereocenters. The van der Waals surface area contributed by atoms with Gasteiger partial charge in [0.1, 0.15) is 5.69 Å². The zero-order valence-corrected chi connectivity index (χ0v) is 17.2. The molecule has 1 saturated carbocycles. The van der Waals surface area contributed by atoms with Gasteiger partial charge >= 0.3 is 0 Å². The smallest absolute Gasteiger partial charge is 0.266 e. The van der Waals surface area contributed by atoms with Gasteiger partial charge in [-0.25, -0.2) is 4.68 Å². The third-order valence-electron chi connectivity index (χ3n) is 6.13. The van der Waals surface area contributed by atoms with Crippen molar-refractivity contribution in [2.75, 3.05) is 13.1 Å². The van der Waals surface area contributed by atoms with E-state index in [0.29, 0.717) is 30.7 Å². The molecule has 1 aliphatic heterocycles. The largest absolute Gasteiger partial charge is 0.342 e. The monoisotopic (exact) mass is 399 g/mol. The molecule has 2 aliphatic rings. The van der Waals surface area contributed by atoms with Crippen LogP contribution in [0.25, 0.3) is 10.6 Å². The third-order valence-corrected chi connectivity index (χ3v) is 7.02. The lowest BCUT2D eigenvalue weighted by Crippen LogP contribution is -2.42. The van der Waals surface area contributed by atoms with E-state index in [1.165, 1.54) is 32.1 Å². The van der Waals surface area contributed by atoms with Crippen molar-refractivity contribution in [1.29, 1.82) is 0 Å². The number of hydrogen-bond donors (Lipinski definition) is 0. The number of hydrogen-bond acceptors (Lipinski definition) is 4. The van der Waals surface area contributed by atoms with E-state index in [1.807, 2.05) is 22.4 Å². The number of carbonyl (C=O) groups is 1. The van der Waals surface area contributed by atoms with Crippen LogP contribution in [0.4, 0.5) is 0 Å². The van der Waals surface area contributed by atoms with Crippen LogP contribution in [0.1, 0.15) is 51.4 Å². The van der Waals surface area contributed by atoms with Crippen LogP contribution >= 0.6 is 11.3 Å². The van der Waals surface area contributed by atoms with Gasteiger partial charge in [-0.1, -0.05) is 25.3 Å². The topological polar surface area (TPSA) is 55.2 Å². The lowest BCUT2D eigenvalue weighted by atomic mass is 9.86. The molecule has 0 unspecified atom stereocenters. The quantitative estimate of drug-likeness (QED) is 0.758. The Balaban J connectivity index is 1.39. The van der Waals surface area contributed by atoms with Gasteiger partial charge in [-0.05, 0) is 55.0 Å². The minimum absolute atomic E-state index is 0.0639. The van der Waals surface area contributed by atoms with Gasteiger partial charge in [0.15, 0.2) is 0 Å². The van der Waals surface area contributed by atoms with Gasteiger partial charge in [0.25, 0.3) is 5.56 Å². The third kappa shape index (κ3) is 4.72. The van der Waals surface area contributed by atoms with Gasteiger partial charge in [-0.15, -0.1) is 11.3 Å². The van der Waals surface area contributed by atoms with E-state index in [1.54, 1.807) is 28.2 Å². The zero-order valence-electron chi connectivity index (χ0n) is 16.4. The Morgan fingerprint density at radius 1 is 1.07 bits per heavy atom. The molecule has 1 amide bonds. The summed E-state index contributed by atoms with van der Waals surface area (Å²) < 4.78 is 1.59. The second kappa shape index (κ2) is 9.03. The average molecular weight is 400 g/mol. The molecule has 5 nitrogen and oxygen atoms in total.